The van der Waals surface area contributed by atoms with Crippen molar-refractivity contribution in [2.75, 3.05) is 39.9 Å². The van der Waals surface area contributed by atoms with E-state index in [1.165, 1.54) is 18.1 Å². The van der Waals surface area contributed by atoms with Gasteiger partial charge in [-0.25, -0.2) is 5.48 Å². The molecule has 190 valence electrons. The molecule has 3 amide bonds. The van der Waals surface area contributed by atoms with Crippen LogP contribution in [-0.2, 0) is 20.9 Å². The molecular formula is C27H32N4O5. The van der Waals surface area contributed by atoms with Gasteiger partial charge in [0.25, 0.3) is 17.7 Å². The van der Waals surface area contributed by atoms with E-state index in [1.807, 2.05) is 12.1 Å². The van der Waals surface area contributed by atoms with Crippen molar-refractivity contribution in [3.63, 3.8) is 0 Å². The van der Waals surface area contributed by atoms with E-state index in [0.717, 1.165) is 55.3 Å². The van der Waals surface area contributed by atoms with E-state index in [9.17, 15) is 14.4 Å². The highest BCUT2D eigenvalue weighted by molar-refractivity contribution is 6.08. The summed E-state index contributed by atoms with van der Waals surface area (Å²) in [5.41, 5.74) is 4.59. The Morgan fingerprint density at radius 2 is 1.64 bits per heavy atom. The summed E-state index contributed by atoms with van der Waals surface area (Å²) in [6.45, 7) is 6.21. The molecule has 2 aromatic carbocycles. The number of likely N-dealkylation sites (N-methyl/N-ethyl adjacent to an activating group) is 2. The van der Waals surface area contributed by atoms with E-state index in [2.05, 4.69) is 34.2 Å². The smallest absolute Gasteiger partial charge is 0.275 e. The molecule has 0 radical (unpaired) electrons. The molecule has 1 aliphatic rings. The molecule has 3 N–H and O–H groups in total. The van der Waals surface area contributed by atoms with Gasteiger partial charge in [0.1, 0.15) is 0 Å². The Morgan fingerprint density at radius 1 is 1.00 bits per heavy atom. The predicted octanol–water partition coefficient (Wildman–Crippen LogP) is 1.39. The van der Waals surface area contributed by atoms with E-state index < -0.39 is 23.8 Å². The van der Waals surface area contributed by atoms with Crippen LogP contribution >= 0.6 is 0 Å². The summed E-state index contributed by atoms with van der Waals surface area (Å²) >= 11 is 0. The molecule has 9 nitrogen and oxygen atoms in total. The molecule has 1 fully saturated rings. The lowest BCUT2D eigenvalue weighted by molar-refractivity contribution is -0.141. The summed E-state index contributed by atoms with van der Waals surface area (Å²) < 4.78 is 5.51. The minimum Gasteiger partial charge on any atom is -0.380 e. The first kappa shape index (κ1) is 26.9. The molecule has 1 heterocycles. The van der Waals surface area contributed by atoms with Gasteiger partial charge >= 0.3 is 0 Å². The van der Waals surface area contributed by atoms with Gasteiger partial charge in [0.2, 0.25) is 0 Å². The van der Waals surface area contributed by atoms with Crippen molar-refractivity contribution in [2.45, 2.75) is 25.9 Å². The Morgan fingerprint density at radius 3 is 2.22 bits per heavy atom. The predicted molar refractivity (Wildman–Crippen MR) is 134 cm³/mol. The van der Waals surface area contributed by atoms with E-state index >= 15 is 0 Å². The second-order valence-electron chi connectivity index (χ2n) is 8.35. The molecular weight excluding hydrogens is 460 g/mol. The standard InChI is InChI=1S/C27H32N4O5/c1-3-31(24(25(32)28-2)26(33)29-35)27(34)23-13-11-21(12-14-23)6-5-20-7-9-22(10-8-20)19-30-15-4-17-36-18-16-30/h7-14,24,35H,3-4,15-19H2,1-2H3,(H,28,32)(H,29,33). The van der Waals surface area contributed by atoms with Crippen molar-refractivity contribution < 1.29 is 24.3 Å². The molecule has 1 saturated heterocycles. The van der Waals surface area contributed by atoms with Gasteiger partial charge in [-0.1, -0.05) is 24.0 Å². The van der Waals surface area contributed by atoms with Crippen LogP contribution in [-0.4, -0.2) is 78.7 Å². The number of benzene rings is 2. The number of hydroxylamine groups is 1. The number of carbonyl (C=O) groups is 3. The van der Waals surface area contributed by atoms with Crippen molar-refractivity contribution >= 4 is 17.7 Å². The summed E-state index contributed by atoms with van der Waals surface area (Å²) in [4.78, 5) is 40.6. The van der Waals surface area contributed by atoms with Crippen LogP contribution in [0, 0.1) is 11.8 Å². The largest absolute Gasteiger partial charge is 0.380 e. The summed E-state index contributed by atoms with van der Waals surface area (Å²) in [6, 6.07) is 13.3. The fourth-order valence-corrected chi connectivity index (χ4v) is 3.96. The number of hydrogen-bond donors (Lipinski definition) is 3. The first-order chi connectivity index (χ1) is 17.5. The lowest BCUT2D eigenvalue weighted by Gasteiger charge is -2.27. The zero-order valence-corrected chi connectivity index (χ0v) is 20.6. The van der Waals surface area contributed by atoms with Crippen LogP contribution in [0.15, 0.2) is 48.5 Å². The molecule has 0 spiro atoms. The molecule has 1 atom stereocenters. The number of amides is 3. The molecule has 2 aromatic rings. The molecule has 0 aromatic heterocycles. The maximum Gasteiger partial charge on any atom is 0.275 e. The Labute approximate surface area is 211 Å². The van der Waals surface area contributed by atoms with Gasteiger partial charge in [-0.2, -0.15) is 0 Å². The number of hydrogen-bond acceptors (Lipinski definition) is 6. The second-order valence-corrected chi connectivity index (χ2v) is 8.35. The third-order valence-corrected chi connectivity index (χ3v) is 5.92. The van der Waals surface area contributed by atoms with Crippen LogP contribution in [0.1, 0.15) is 40.4 Å². The third kappa shape index (κ3) is 7.15. The Balaban J connectivity index is 1.66. The average molecular weight is 493 g/mol. The van der Waals surface area contributed by atoms with Gasteiger partial charge in [-0.3, -0.25) is 24.5 Å². The van der Waals surface area contributed by atoms with Crippen LogP contribution in [0.3, 0.4) is 0 Å². The molecule has 0 saturated carbocycles. The van der Waals surface area contributed by atoms with Gasteiger partial charge in [-0.15, -0.1) is 0 Å². The number of rotatable bonds is 7. The highest BCUT2D eigenvalue weighted by Crippen LogP contribution is 2.12. The minimum atomic E-state index is -1.49. The van der Waals surface area contributed by atoms with E-state index in [0.29, 0.717) is 5.56 Å². The second kappa shape index (κ2) is 13.4. The van der Waals surface area contributed by atoms with Crippen LogP contribution < -0.4 is 10.8 Å². The molecule has 0 bridgehead atoms. The quantitative estimate of drug-likeness (QED) is 0.233. The molecule has 3 rings (SSSR count). The van der Waals surface area contributed by atoms with E-state index in [4.69, 9.17) is 9.94 Å². The maximum absolute atomic E-state index is 13.0. The molecule has 1 unspecified atom stereocenters. The monoisotopic (exact) mass is 492 g/mol. The van der Waals surface area contributed by atoms with Crippen molar-refractivity contribution in [1.82, 2.24) is 20.6 Å². The Kier molecular flexibility index (Phi) is 10.0. The first-order valence-corrected chi connectivity index (χ1v) is 11.9. The normalized spacial score (nSPS) is 14.5. The molecule has 0 aliphatic carbocycles. The third-order valence-electron chi connectivity index (χ3n) is 5.92. The number of nitrogens with zero attached hydrogens (tertiary/aromatic N) is 2. The van der Waals surface area contributed by atoms with Crippen LogP contribution in [0.5, 0.6) is 0 Å². The number of ether oxygens (including phenoxy) is 1. The van der Waals surface area contributed by atoms with Crippen LogP contribution in [0.2, 0.25) is 0 Å². The summed E-state index contributed by atoms with van der Waals surface area (Å²) in [5.74, 6) is 4.03. The Hall–Kier alpha value is -3.71. The van der Waals surface area contributed by atoms with Crippen molar-refractivity contribution in [1.29, 1.82) is 0 Å². The topological polar surface area (TPSA) is 111 Å². The summed E-state index contributed by atoms with van der Waals surface area (Å²) in [6.07, 6.45) is 1.05. The van der Waals surface area contributed by atoms with Gasteiger partial charge in [0.05, 0.1) is 6.61 Å². The molecule has 36 heavy (non-hydrogen) atoms. The summed E-state index contributed by atoms with van der Waals surface area (Å²) in [5, 5.41) is 11.3. The van der Waals surface area contributed by atoms with Gasteiger partial charge < -0.3 is 15.0 Å². The zero-order chi connectivity index (χ0) is 25.9. The van der Waals surface area contributed by atoms with Gasteiger partial charge in [0.15, 0.2) is 6.04 Å². The fourth-order valence-electron chi connectivity index (χ4n) is 3.96. The fraction of sp³-hybridized carbons (Fsp3) is 0.370. The Bertz CT molecular complexity index is 1080. The van der Waals surface area contributed by atoms with Crippen molar-refractivity contribution in [3.05, 3.63) is 70.8 Å². The van der Waals surface area contributed by atoms with Crippen LogP contribution in [0.25, 0.3) is 0 Å². The van der Waals surface area contributed by atoms with E-state index in [1.54, 1.807) is 31.2 Å². The zero-order valence-electron chi connectivity index (χ0n) is 20.6. The maximum atomic E-state index is 13.0. The highest BCUT2D eigenvalue weighted by atomic mass is 16.5. The van der Waals surface area contributed by atoms with Crippen LogP contribution in [0.4, 0.5) is 0 Å². The SMILES string of the molecule is CCN(C(=O)c1ccc(C#Cc2ccc(CN3CCCOCC3)cc2)cc1)C(C(=O)NC)C(=O)NO. The summed E-state index contributed by atoms with van der Waals surface area (Å²) in [7, 11) is 1.35. The van der Waals surface area contributed by atoms with Gasteiger partial charge in [0, 0.05) is 56.5 Å². The van der Waals surface area contributed by atoms with Crippen molar-refractivity contribution in [2.24, 2.45) is 0 Å². The lowest BCUT2D eigenvalue weighted by Crippen LogP contribution is -2.56. The molecule has 9 heteroatoms. The first-order valence-electron chi connectivity index (χ1n) is 11.9. The number of nitrogens with one attached hydrogen (secondary N) is 2. The van der Waals surface area contributed by atoms with Crippen molar-refractivity contribution in [3.8, 4) is 11.8 Å². The highest BCUT2D eigenvalue weighted by Gasteiger charge is 2.35. The molecule has 1 aliphatic heterocycles. The lowest BCUT2D eigenvalue weighted by atomic mass is 10.1. The minimum absolute atomic E-state index is 0.0907. The average Bonchev–Trinajstić information content (AvgIpc) is 3.19. The van der Waals surface area contributed by atoms with E-state index in [-0.39, 0.29) is 6.54 Å². The van der Waals surface area contributed by atoms with Gasteiger partial charge in [-0.05, 0) is 55.3 Å². The number of carbonyl (C=O) groups excluding carboxylic acids is 3.